The fraction of sp³-hybridized carbons (Fsp3) is 0.273. The Morgan fingerprint density at radius 2 is 2.00 bits per heavy atom. The summed E-state index contributed by atoms with van der Waals surface area (Å²) in [4.78, 5) is 0. The van der Waals surface area contributed by atoms with Gasteiger partial charge in [0.1, 0.15) is 0 Å². The molecule has 0 aliphatic heterocycles. The van der Waals surface area contributed by atoms with Crippen molar-refractivity contribution in [3.8, 4) is 5.69 Å². The normalized spacial score (nSPS) is 12.7. The minimum absolute atomic E-state index is 0.225. The molecule has 15 heavy (non-hydrogen) atoms. The molecule has 0 spiro atoms. The van der Waals surface area contributed by atoms with Gasteiger partial charge in [0, 0.05) is 6.04 Å². The standard InChI is InChI=1S/C11H14N4/c1-9(12-2)11-8-15(14-13-11)10-6-4-3-5-7-10/h3-9,12H,1-2H3. The molecule has 0 saturated heterocycles. The van der Waals surface area contributed by atoms with Crippen LogP contribution in [0.1, 0.15) is 18.7 Å². The quantitative estimate of drug-likeness (QED) is 0.821. The molecule has 0 aliphatic carbocycles. The lowest BCUT2D eigenvalue weighted by Gasteiger charge is -2.03. The van der Waals surface area contributed by atoms with Crippen molar-refractivity contribution >= 4 is 0 Å². The zero-order valence-corrected chi connectivity index (χ0v) is 8.88. The highest BCUT2D eigenvalue weighted by molar-refractivity contribution is 5.30. The first kappa shape index (κ1) is 9.86. The molecule has 0 saturated carbocycles. The molecule has 2 rings (SSSR count). The Hall–Kier alpha value is -1.68. The van der Waals surface area contributed by atoms with Crippen LogP contribution in [0.15, 0.2) is 36.5 Å². The van der Waals surface area contributed by atoms with Crippen LogP contribution in [0.5, 0.6) is 0 Å². The van der Waals surface area contributed by atoms with Crippen molar-refractivity contribution in [2.24, 2.45) is 0 Å². The smallest absolute Gasteiger partial charge is 0.0998 e. The number of nitrogens with one attached hydrogen (secondary N) is 1. The predicted molar refractivity (Wildman–Crippen MR) is 58.8 cm³/mol. The van der Waals surface area contributed by atoms with E-state index in [4.69, 9.17) is 0 Å². The minimum Gasteiger partial charge on any atom is -0.312 e. The second-order valence-corrected chi connectivity index (χ2v) is 3.43. The molecule has 1 aromatic heterocycles. The molecule has 1 unspecified atom stereocenters. The van der Waals surface area contributed by atoms with Crippen LogP contribution in [0.4, 0.5) is 0 Å². The average molecular weight is 202 g/mol. The van der Waals surface area contributed by atoms with Gasteiger partial charge in [-0.15, -0.1) is 5.10 Å². The topological polar surface area (TPSA) is 42.7 Å². The van der Waals surface area contributed by atoms with Crippen molar-refractivity contribution in [2.45, 2.75) is 13.0 Å². The zero-order valence-electron chi connectivity index (χ0n) is 8.88. The van der Waals surface area contributed by atoms with Gasteiger partial charge in [-0.2, -0.15) is 0 Å². The summed E-state index contributed by atoms with van der Waals surface area (Å²) in [5.41, 5.74) is 1.97. The maximum Gasteiger partial charge on any atom is 0.0998 e. The van der Waals surface area contributed by atoms with E-state index in [1.165, 1.54) is 0 Å². The van der Waals surface area contributed by atoms with Crippen LogP contribution in [-0.4, -0.2) is 22.0 Å². The number of hydrogen-bond donors (Lipinski definition) is 1. The highest BCUT2D eigenvalue weighted by Gasteiger charge is 2.07. The molecule has 0 amide bonds. The maximum absolute atomic E-state index is 4.11. The molecule has 0 aliphatic rings. The Balaban J connectivity index is 2.28. The lowest BCUT2D eigenvalue weighted by atomic mass is 10.2. The Morgan fingerprint density at radius 3 is 2.67 bits per heavy atom. The van der Waals surface area contributed by atoms with Crippen molar-refractivity contribution in [3.05, 3.63) is 42.2 Å². The van der Waals surface area contributed by atoms with E-state index in [9.17, 15) is 0 Å². The molecule has 1 N–H and O–H groups in total. The van der Waals surface area contributed by atoms with Gasteiger partial charge >= 0.3 is 0 Å². The fourth-order valence-electron chi connectivity index (χ4n) is 1.33. The van der Waals surface area contributed by atoms with E-state index in [1.807, 2.05) is 43.6 Å². The molecule has 1 atom stereocenters. The summed E-state index contributed by atoms with van der Waals surface area (Å²) in [6.07, 6.45) is 1.94. The Morgan fingerprint density at radius 1 is 1.27 bits per heavy atom. The molecule has 2 aromatic rings. The van der Waals surface area contributed by atoms with Gasteiger partial charge in [-0.1, -0.05) is 23.4 Å². The van der Waals surface area contributed by atoms with Crippen LogP contribution in [0, 0.1) is 0 Å². The van der Waals surface area contributed by atoms with E-state index in [0.29, 0.717) is 0 Å². The van der Waals surface area contributed by atoms with Crippen LogP contribution >= 0.6 is 0 Å². The van der Waals surface area contributed by atoms with Gasteiger partial charge in [0.2, 0.25) is 0 Å². The second kappa shape index (κ2) is 4.23. The molecule has 1 heterocycles. The van der Waals surface area contributed by atoms with Crippen LogP contribution in [0.25, 0.3) is 5.69 Å². The largest absolute Gasteiger partial charge is 0.312 e. The number of hydrogen-bond acceptors (Lipinski definition) is 3. The highest BCUT2D eigenvalue weighted by Crippen LogP contribution is 2.10. The molecule has 4 heteroatoms. The number of para-hydroxylation sites is 1. The van der Waals surface area contributed by atoms with Crippen LogP contribution < -0.4 is 5.32 Å². The summed E-state index contributed by atoms with van der Waals surface area (Å²) < 4.78 is 1.78. The highest BCUT2D eigenvalue weighted by atomic mass is 15.4. The minimum atomic E-state index is 0.225. The van der Waals surface area contributed by atoms with E-state index in [2.05, 4.69) is 22.6 Å². The van der Waals surface area contributed by atoms with Crippen molar-refractivity contribution < 1.29 is 0 Å². The Bertz CT molecular complexity index is 421. The molecular formula is C11H14N4. The summed E-state index contributed by atoms with van der Waals surface area (Å²) in [5.74, 6) is 0. The monoisotopic (exact) mass is 202 g/mol. The lowest BCUT2D eigenvalue weighted by molar-refractivity contribution is 0.630. The van der Waals surface area contributed by atoms with Gasteiger partial charge in [-0.25, -0.2) is 4.68 Å². The summed E-state index contributed by atoms with van der Waals surface area (Å²) >= 11 is 0. The number of nitrogens with zero attached hydrogens (tertiary/aromatic N) is 3. The molecule has 1 aromatic carbocycles. The van der Waals surface area contributed by atoms with Gasteiger partial charge < -0.3 is 5.32 Å². The third-order valence-electron chi connectivity index (χ3n) is 2.41. The van der Waals surface area contributed by atoms with Gasteiger partial charge in [-0.05, 0) is 26.1 Å². The molecule has 78 valence electrons. The number of rotatable bonds is 3. The Kier molecular flexibility index (Phi) is 2.78. The Labute approximate surface area is 88.9 Å². The fourth-order valence-corrected chi connectivity index (χ4v) is 1.33. The third-order valence-corrected chi connectivity index (χ3v) is 2.41. The number of aromatic nitrogens is 3. The van der Waals surface area contributed by atoms with Crippen LogP contribution in [-0.2, 0) is 0 Å². The third kappa shape index (κ3) is 2.05. The SMILES string of the molecule is CNC(C)c1cn(-c2ccccc2)nn1. The van der Waals surface area contributed by atoms with E-state index in [0.717, 1.165) is 11.4 Å². The first-order valence-electron chi connectivity index (χ1n) is 4.96. The van der Waals surface area contributed by atoms with Crippen LogP contribution in [0.2, 0.25) is 0 Å². The lowest BCUT2D eigenvalue weighted by Crippen LogP contribution is -2.12. The molecule has 0 bridgehead atoms. The van der Waals surface area contributed by atoms with Crippen LogP contribution in [0.3, 0.4) is 0 Å². The van der Waals surface area contributed by atoms with E-state index < -0.39 is 0 Å². The van der Waals surface area contributed by atoms with Gasteiger partial charge in [0.15, 0.2) is 0 Å². The average Bonchev–Trinajstić information content (AvgIpc) is 2.78. The summed E-state index contributed by atoms with van der Waals surface area (Å²) in [5, 5.41) is 11.3. The van der Waals surface area contributed by atoms with Crippen molar-refractivity contribution in [1.82, 2.24) is 20.3 Å². The van der Waals surface area contributed by atoms with Crippen molar-refractivity contribution in [1.29, 1.82) is 0 Å². The van der Waals surface area contributed by atoms with E-state index >= 15 is 0 Å². The first-order chi connectivity index (χ1) is 7.31. The molecule has 0 radical (unpaired) electrons. The van der Waals surface area contributed by atoms with Crippen molar-refractivity contribution in [3.63, 3.8) is 0 Å². The summed E-state index contributed by atoms with van der Waals surface area (Å²) in [7, 11) is 1.91. The van der Waals surface area contributed by atoms with Gasteiger partial charge in [-0.3, -0.25) is 0 Å². The number of benzene rings is 1. The van der Waals surface area contributed by atoms with E-state index in [1.54, 1.807) is 4.68 Å². The van der Waals surface area contributed by atoms with Crippen molar-refractivity contribution in [2.75, 3.05) is 7.05 Å². The summed E-state index contributed by atoms with van der Waals surface area (Å²) in [6.45, 7) is 2.05. The van der Waals surface area contributed by atoms with Gasteiger partial charge in [0.05, 0.1) is 17.6 Å². The first-order valence-corrected chi connectivity index (χ1v) is 4.96. The predicted octanol–water partition coefficient (Wildman–Crippen LogP) is 1.55. The molecular weight excluding hydrogens is 188 g/mol. The molecule has 0 fully saturated rings. The van der Waals surface area contributed by atoms with Gasteiger partial charge in [0.25, 0.3) is 0 Å². The second-order valence-electron chi connectivity index (χ2n) is 3.43. The van der Waals surface area contributed by atoms with E-state index in [-0.39, 0.29) is 6.04 Å². The zero-order chi connectivity index (χ0) is 10.7. The molecule has 4 nitrogen and oxygen atoms in total. The summed E-state index contributed by atoms with van der Waals surface area (Å²) in [6, 6.07) is 10.2. The maximum atomic E-state index is 4.11.